The van der Waals surface area contributed by atoms with Gasteiger partial charge in [-0.15, -0.1) is 11.3 Å². The zero-order valence-electron chi connectivity index (χ0n) is 10.7. The lowest BCUT2D eigenvalue weighted by Gasteiger charge is -2.26. The SMILES string of the molecule is NCc1cccc2scc(CN3CCCCC3)c12. The highest BCUT2D eigenvalue weighted by Gasteiger charge is 2.14. The van der Waals surface area contributed by atoms with Gasteiger partial charge in [0.15, 0.2) is 0 Å². The lowest BCUT2D eigenvalue weighted by molar-refractivity contribution is 0.222. The van der Waals surface area contributed by atoms with Crippen molar-refractivity contribution in [1.82, 2.24) is 4.90 Å². The number of rotatable bonds is 3. The molecule has 0 bridgehead atoms. The van der Waals surface area contributed by atoms with Gasteiger partial charge < -0.3 is 5.73 Å². The smallest absolute Gasteiger partial charge is 0.0349 e. The maximum absolute atomic E-state index is 5.87. The third-order valence-electron chi connectivity index (χ3n) is 3.82. The van der Waals surface area contributed by atoms with Crippen LogP contribution in [0.25, 0.3) is 10.1 Å². The Labute approximate surface area is 112 Å². The van der Waals surface area contributed by atoms with Gasteiger partial charge in [-0.05, 0) is 48.5 Å². The minimum atomic E-state index is 0.640. The van der Waals surface area contributed by atoms with E-state index in [0.717, 1.165) is 6.54 Å². The number of nitrogens with zero attached hydrogens (tertiary/aromatic N) is 1. The van der Waals surface area contributed by atoms with Gasteiger partial charge in [-0.2, -0.15) is 0 Å². The van der Waals surface area contributed by atoms with Gasteiger partial charge in [-0.1, -0.05) is 18.6 Å². The third kappa shape index (κ3) is 2.30. The molecule has 3 heteroatoms. The standard InChI is InChI=1S/C15H20N2S/c16-9-12-5-4-6-14-15(12)13(11-18-14)10-17-7-2-1-3-8-17/h4-6,11H,1-3,7-10,16H2. The summed E-state index contributed by atoms with van der Waals surface area (Å²) in [7, 11) is 0. The number of likely N-dealkylation sites (tertiary alicyclic amines) is 1. The van der Waals surface area contributed by atoms with Crippen molar-refractivity contribution in [2.45, 2.75) is 32.4 Å². The number of hydrogen-bond acceptors (Lipinski definition) is 3. The first-order chi connectivity index (χ1) is 8.88. The lowest BCUT2D eigenvalue weighted by Crippen LogP contribution is -2.29. The van der Waals surface area contributed by atoms with Crippen LogP contribution in [0.4, 0.5) is 0 Å². The van der Waals surface area contributed by atoms with Crippen LogP contribution in [0.3, 0.4) is 0 Å². The molecule has 1 aromatic heterocycles. The van der Waals surface area contributed by atoms with Crippen LogP contribution in [0, 0.1) is 0 Å². The van der Waals surface area contributed by atoms with Crippen molar-refractivity contribution < 1.29 is 0 Å². The van der Waals surface area contributed by atoms with Crippen molar-refractivity contribution in [3.8, 4) is 0 Å². The minimum Gasteiger partial charge on any atom is -0.326 e. The fourth-order valence-electron chi connectivity index (χ4n) is 2.88. The van der Waals surface area contributed by atoms with Crippen LogP contribution < -0.4 is 5.73 Å². The van der Waals surface area contributed by atoms with E-state index >= 15 is 0 Å². The van der Waals surface area contributed by atoms with E-state index in [1.54, 1.807) is 0 Å². The molecule has 2 aromatic rings. The van der Waals surface area contributed by atoms with Gasteiger partial charge in [0.25, 0.3) is 0 Å². The highest BCUT2D eigenvalue weighted by molar-refractivity contribution is 7.17. The quantitative estimate of drug-likeness (QED) is 0.917. The molecule has 1 saturated heterocycles. The minimum absolute atomic E-state index is 0.640. The first kappa shape index (κ1) is 12.2. The maximum Gasteiger partial charge on any atom is 0.0349 e. The largest absolute Gasteiger partial charge is 0.326 e. The molecule has 0 amide bonds. The van der Waals surface area contributed by atoms with E-state index in [1.165, 1.54) is 53.6 Å². The predicted octanol–water partition coefficient (Wildman–Crippen LogP) is 3.35. The van der Waals surface area contributed by atoms with E-state index in [0.29, 0.717) is 6.54 Å². The fraction of sp³-hybridized carbons (Fsp3) is 0.467. The van der Waals surface area contributed by atoms with Crippen molar-refractivity contribution in [3.05, 3.63) is 34.7 Å². The molecule has 0 spiro atoms. The average Bonchev–Trinajstić information content (AvgIpc) is 2.83. The molecule has 96 valence electrons. The summed E-state index contributed by atoms with van der Waals surface area (Å²) in [6.07, 6.45) is 4.10. The van der Waals surface area contributed by atoms with Crippen LogP contribution in [0.1, 0.15) is 30.4 Å². The van der Waals surface area contributed by atoms with Crippen LogP contribution in [-0.2, 0) is 13.1 Å². The Hall–Kier alpha value is -0.900. The molecule has 0 unspecified atom stereocenters. The second-order valence-corrected chi connectivity index (χ2v) is 6.00. The average molecular weight is 260 g/mol. The van der Waals surface area contributed by atoms with Gasteiger partial charge >= 0.3 is 0 Å². The molecule has 0 atom stereocenters. The zero-order chi connectivity index (χ0) is 12.4. The monoisotopic (exact) mass is 260 g/mol. The maximum atomic E-state index is 5.87. The highest BCUT2D eigenvalue weighted by atomic mass is 32.1. The molecule has 1 fully saturated rings. The van der Waals surface area contributed by atoms with E-state index in [-0.39, 0.29) is 0 Å². The zero-order valence-corrected chi connectivity index (χ0v) is 11.5. The Balaban J connectivity index is 1.91. The van der Waals surface area contributed by atoms with Crippen molar-refractivity contribution in [1.29, 1.82) is 0 Å². The molecule has 18 heavy (non-hydrogen) atoms. The van der Waals surface area contributed by atoms with E-state index in [4.69, 9.17) is 5.73 Å². The summed E-state index contributed by atoms with van der Waals surface area (Å²) in [6.45, 7) is 4.24. The Morgan fingerprint density at radius 2 is 1.94 bits per heavy atom. The second kappa shape index (κ2) is 5.39. The van der Waals surface area contributed by atoms with Crippen LogP contribution in [-0.4, -0.2) is 18.0 Å². The van der Waals surface area contributed by atoms with E-state index in [9.17, 15) is 0 Å². The molecule has 2 N–H and O–H groups in total. The second-order valence-electron chi connectivity index (χ2n) is 5.09. The summed E-state index contributed by atoms with van der Waals surface area (Å²) < 4.78 is 1.38. The summed E-state index contributed by atoms with van der Waals surface area (Å²) in [5, 5.41) is 3.73. The first-order valence-corrected chi connectivity index (χ1v) is 7.67. The Kier molecular flexibility index (Phi) is 3.64. The van der Waals surface area contributed by atoms with Gasteiger partial charge in [0.1, 0.15) is 0 Å². The van der Waals surface area contributed by atoms with Gasteiger partial charge in [0.05, 0.1) is 0 Å². The van der Waals surface area contributed by atoms with Crippen LogP contribution in [0.5, 0.6) is 0 Å². The Morgan fingerprint density at radius 3 is 2.72 bits per heavy atom. The van der Waals surface area contributed by atoms with Crippen molar-refractivity contribution in [3.63, 3.8) is 0 Å². The van der Waals surface area contributed by atoms with Crippen molar-refractivity contribution in [2.75, 3.05) is 13.1 Å². The van der Waals surface area contributed by atoms with Crippen LogP contribution >= 0.6 is 11.3 Å². The summed E-state index contributed by atoms with van der Waals surface area (Å²) in [5.74, 6) is 0. The Morgan fingerprint density at radius 1 is 1.11 bits per heavy atom. The number of benzene rings is 1. The van der Waals surface area contributed by atoms with Gasteiger partial charge in [-0.3, -0.25) is 4.90 Å². The molecule has 2 nitrogen and oxygen atoms in total. The van der Waals surface area contributed by atoms with Crippen molar-refractivity contribution in [2.24, 2.45) is 5.73 Å². The normalized spacial score (nSPS) is 17.4. The molecule has 0 radical (unpaired) electrons. The fourth-order valence-corrected chi connectivity index (χ4v) is 3.88. The first-order valence-electron chi connectivity index (χ1n) is 6.79. The number of piperidine rings is 1. The van der Waals surface area contributed by atoms with E-state index in [2.05, 4.69) is 28.5 Å². The molecule has 2 heterocycles. The third-order valence-corrected chi connectivity index (χ3v) is 4.82. The number of nitrogens with two attached hydrogens (primary N) is 1. The van der Waals surface area contributed by atoms with Crippen LogP contribution in [0.15, 0.2) is 23.6 Å². The van der Waals surface area contributed by atoms with Gasteiger partial charge in [-0.25, -0.2) is 0 Å². The number of hydrogen-bond donors (Lipinski definition) is 1. The summed E-state index contributed by atoms with van der Waals surface area (Å²) in [6, 6.07) is 6.49. The van der Waals surface area contributed by atoms with Crippen LogP contribution in [0.2, 0.25) is 0 Å². The van der Waals surface area contributed by atoms with E-state index in [1.807, 2.05) is 11.3 Å². The van der Waals surface area contributed by atoms with Gasteiger partial charge in [0.2, 0.25) is 0 Å². The Bertz CT molecular complexity index is 526. The summed E-state index contributed by atoms with van der Waals surface area (Å²) in [4.78, 5) is 2.58. The molecule has 0 saturated carbocycles. The molecular weight excluding hydrogens is 240 g/mol. The lowest BCUT2D eigenvalue weighted by atomic mass is 10.0. The molecule has 1 aromatic carbocycles. The molecule has 1 aliphatic rings. The predicted molar refractivity (Wildman–Crippen MR) is 78.8 cm³/mol. The molecule has 1 aliphatic heterocycles. The highest BCUT2D eigenvalue weighted by Crippen LogP contribution is 2.30. The number of thiophene rings is 1. The summed E-state index contributed by atoms with van der Waals surface area (Å²) in [5.41, 5.74) is 8.63. The molecule has 3 rings (SSSR count). The van der Waals surface area contributed by atoms with Gasteiger partial charge in [0, 0.05) is 23.2 Å². The number of fused-ring (bicyclic) bond motifs is 1. The molecular formula is C15H20N2S. The topological polar surface area (TPSA) is 29.3 Å². The van der Waals surface area contributed by atoms with E-state index < -0.39 is 0 Å². The van der Waals surface area contributed by atoms with Crippen molar-refractivity contribution >= 4 is 21.4 Å². The summed E-state index contributed by atoms with van der Waals surface area (Å²) >= 11 is 1.85. The molecule has 0 aliphatic carbocycles.